The minimum Gasteiger partial charge on any atom is -0.339 e. The Kier molecular flexibility index (Phi) is 4.75. The van der Waals surface area contributed by atoms with Crippen molar-refractivity contribution >= 4 is 16.7 Å². The molecule has 1 aromatic heterocycles. The fourth-order valence-corrected chi connectivity index (χ4v) is 4.07. The van der Waals surface area contributed by atoms with E-state index in [9.17, 15) is 9.18 Å². The number of aromatic nitrogens is 2. The van der Waals surface area contributed by atoms with Gasteiger partial charge in [-0.15, -0.1) is 0 Å². The number of amides is 1. The molecule has 4 aromatic rings. The minimum atomic E-state index is -0.352. The SMILES string of the molecule is O=C(c1ccc(F)cc1)N1CCCC(c2nc(-c3cccc4ccccc34)no2)C1. The Morgan fingerprint density at radius 1 is 1.03 bits per heavy atom. The number of carbonyl (C=O) groups excluding carboxylic acids is 1. The molecule has 0 N–H and O–H groups in total. The van der Waals surface area contributed by atoms with Crippen LogP contribution in [0.4, 0.5) is 4.39 Å². The second-order valence-electron chi connectivity index (χ2n) is 7.58. The molecule has 1 atom stereocenters. The number of likely N-dealkylation sites (tertiary alicyclic amines) is 1. The zero-order valence-electron chi connectivity index (χ0n) is 16.3. The number of nitrogens with zero attached hydrogens (tertiary/aromatic N) is 3. The van der Waals surface area contributed by atoms with E-state index in [2.05, 4.69) is 22.3 Å². The maximum Gasteiger partial charge on any atom is 0.253 e. The Labute approximate surface area is 173 Å². The molecule has 1 saturated heterocycles. The lowest BCUT2D eigenvalue weighted by atomic mass is 9.97. The second-order valence-corrected chi connectivity index (χ2v) is 7.58. The monoisotopic (exact) mass is 401 g/mol. The van der Waals surface area contributed by atoms with E-state index in [4.69, 9.17) is 4.52 Å². The molecule has 1 aliphatic heterocycles. The van der Waals surface area contributed by atoms with Crippen LogP contribution in [0.1, 0.15) is 35.0 Å². The number of halogens is 1. The lowest BCUT2D eigenvalue weighted by Gasteiger charge is -2.31. The van der Waals surface area contributed by atoms with Crippen molar-refractivity contribution in [1.29, 1.82) is 0 Å². The van der Waals surface area contributed by atoms with Gasteiger partial charge in [-0.05, 0) is 47.9 Å². The zero-order valence-corrected chi connectivity index (χ0v) is 16.3. The predicted molar refractivity (Wildman–Crippen MR) is 112 cm³/mol. The van der Waals surface area contributed by atoms with Crippen molar-refractivity contribution in [2.45, 2.75) is 18.8 Å². The van der Waals surface area contributed by atoms with Crippen molar-refractivity contribution in [3.63, 3.8) is 0 Å². The summed E-state index contributed by atoms with van der Waals surface area (Å²) in [4.78, 5) is 19.2. The number of fused-ring (bicyclic) bond motifs is 1. The van der Waals surface area contributed by atoms with Crippen molar-refractivity contribution in [3.8, 4) is 11.4 Å². The number of piperidine rings is 1. The first-order valence-electron chi connectivity index (χ1n) is 10.1. The van der Waals surface area contributed by atoms with Crippen molar-refractivity contribution in [3.05, 3.63) is 84.0 Å². The number of carbonyl (C=O) groups is 1. The molecule has 0 radical (unpaired) electrons. The van der Waals surface area contributed by atoms with Crippen LogP contribution in [0.15, 0.2) is 71.3 Å². The normalized spacial score (nSPS) is 16.7. The fraction of sp³-hybridized carbons (Fsp3) is 0.208. The summed E-state index contributed by atoms with van der Waals surface area (Å²) in [5.74, 6) is 0.640. The zero-order chi connectivity index (χ0) is 20.5. The standard InChI is InChI=1S/C24H20FN3O2/c25-19-12-10-17(11-13-19)24(29)28-14-4-7-18(15-28)23-26-22(27-30-23)21-9-3-6-16-5-1-2-8-20(16)21/h1-3,5-6,8-13,18H,4,7,14-15H2. The Balaban J connectivity index is 1.38. The summed E-state index contributed by atoms with van der Waals surface area (Å²) in [6.07, 6.45) is 1.73. The van der Waals surface area contributed by atoms with Gasteiger partial charge >= 0.3 is 0 Å². The molecule has 150 valence electrons. The second kappa shape index (κ2) is 7.71. The van der Waals surface area contributed by atoms with E-state index in [1.807, 2.05) is 30.3 Å². The maximum atomic E-state index is 13.2. The Bertz CT molecular complexity index is 1200. The molecule has 3 aromatic carbocycles. The molecular formula is C24H20FN3O2. The largest absolute Gasteiger partial charge is 0.339 e. The summed E-state index contributed by atoms with van der Waals surface area (Å²) in [6, 6.07) is 19.8. The van der Waals surface area contributed by atoms with E-state index >= 15 is 0 Å². The topological polar surface area (TPSA) is 59.2 Å². The smallest absolute Gasteiger partial charge is 0.253 e. The molecule has 0 bridgehead atoms. The van der Waals surface area contributed by atoms with Gasteiger partial charge < -0.3 is 9.42 Å². The Morgan fingerprint density at radius 2 is 1.83 bits per heavy atom. The molecule has 5 nitrogen and oxygen atoms in total. The first kappa shape index (κ1) is 18.5. The van der Waals surface area contributed by atoms with Crippen LogP contribution in [0.3, 0.4) is 0 Å². The summed E-state index contributed by atoms with van der Waals surface area (Å²) in [5, 5.41) is 6.41. The van der Waals surface area contributed by atoms with Crippen molar-refractivity contribution in [2.24, 2.45) is 0 Å². The maximum absolute atomic E-state index is 13.2. The van der Waals surface area contributed by atoms with Crippen LogP contribution in [-0.2, 0) is 0 Å². The third-order valence-electron chi connectivity index (χ3n) is 5.62. The molecule has 1 fully saturated rings. The lowest BCUT2D eigenvalue weighted by Crippen LogP contribution is -2.39. The van der Waals surface area contributed by atoms with E-state index in [1.165, 1.54) is 24.3 Å². The van der Waals surface area contributed by atoms with E-state index in [0.717, 1.165) is 29.2 Å². The first-order valence-corrected chi connectivity index (χ1v) is 10.1. The summed E-state index contributed by atoms with van der Waals surface area (Å²) in [6.45, 7) is 1.17. The number of hydrogen-bond acceptors (Lipinski definition) is 4. The van der Waals surface area contributed by atoms with Gasteiger partial charge in [-0.3, -0.25) is 4.79 Å². The highest BCUT2D eigenvalue weighted by molar-refractivity contribution is 5.95. The number of rotatable bonds is 3. The molecule has 2 heterocycles. The van der Waals surface area contributed by atoms with E-state index in [0.29, 0.717) is 30.4 Å². The molecule has 30 heavy (non-hydrogen) atoms. The van der Waals surface area contributed by atoms with Crippen LogP contribution in [0.5, 0.6) is 0 Å². The highest BCUT2D eigenvalue weighted by Crippen LogP contribution is 2.31. The molecule has 1 unspecified atom stereocenters. The average Bonchev–Trinajstić information content (AvgIpc) is 3.29. The van der Waals surface area contributed by atoms with Gasteiger partial charge in [0.1, 0.15) is 5.82 Å². The summed E-state index contributed by atoms with van der Waals surface area (Å²) in [7, 11) is 0. The summed E-state index contributed by atoms with van der Waals surface area (Å²) < 4.78 is 18.8. The lowest BCUT2D eigenvalue weighted by molar-refractivity contribution is 0.0695. The van der Waals surface area contributed by atoms with Gasteiger partial charge in [-0.25, -0.2) is 4.39 Å². The number of benzene rings is 3. The quantitative estimate of drug-likeness (QED) is 0.482. The molecule has 0 saturated carbocycles. The molecule has 0 aliphatic carbocycles. The van der Waals surface area contributed by atoms with Crippen LogP contribution >= 0.6 is 0 Å². The molecule has 1 amide bonds. The third kappa shape index (κ3) is 3.45. The minimum absolute atomic E-state index is 0.0145. The van der Waals surface area contributed by atoms with Gasteiger partial charge in [0.05, 0.1) is 5.92 Å². The van der Waals surface area contributed by atoms with Gasteiger partial charge in [-0.1, -0.05) is 47.6 Å². The van der Waals surface area contributed by atoms with E-state index in [-0.39, 0.29) is 17.6 Å². The van der Waals surface area contributed by atoms with E-state index < -0.39 is 0 Å². The van der Waals surface area contributed by atoms with Gasteiger partial charge in [0, 0.05) is 24.2 Å². The first-order chi connectivity index (χ1) is 14.7. The summed E-state index contributed by atoms with van der Waals surface area (Å²) >= 11 is 0. The average molecular weight is 401 g/mol. The van der Waals surface area contributed by atoms with Crippen LogP contribution in [0.2, 0.25) is 0 Å². The highest BCUT2D eigenvalue weighted by Gasteiger charge is 2.29. The van der Waals surface area contributed by atoms with Gasteiger partial charge in [0.2, 0.25) is 11.7 Å². The molecule has 5 rings (SSSR count). The highest BCUT2D eigenvalue weighted by atomic mass is 19.1. The van der Waals surface area contributed by atoms with E-state index in [1.54, 1.807) is 4.90 Å². The van der Waals surface area contributed by atoms with Gasteiger partial charge in [0.15, 0.2) is 0 Å². The fourth-order valence-electron chi connectivity index (χ4n) is 4.07. The molecule has 0 spiro atoms. The molecular weight excluding hydrogens is 381 g/mol. The van der Waals surface area contributed by atoms with Crippen LogP contribution in [0, 0.1) is 5.82 Å². The third-order valence-corrected chi connectivity index (χ3v) is 5.62. The molecule has 6 heteroatoms. The van der Waals surface area contributed by atoms with Crippen molar-refractivity contribution in [1.82, 2.24) is 15.0 Å². The van der Waals surface area contributed by atoms with Crippen molar-refractivity contribution in [2.75, 3.05) is 13.1 Å². The van der Waals surface area contributed by atoms with Gasteiger partial charge in [0.25, 0.3) is 5.91 Å². The van der Waals surface area contributed by atoms with Crippen LogP contribution in [0.25, 0.3) is 22.2 Å². The van der Waals surface area contributed by atoms with Crippen LogP contribution in [-0.4, -0.2) is 34.0 Å². The van der Waals surface area contributed by atoms with Crippen LogP contribution < -0.4 is 0 Å². The predicted octanol–water partition coefficient (Wildman–Crippen LogP) is 5.05. The Hall–Kier alpha value is -3.54. The Morgan fingerprint density at radius 3 is 2.70 bits per heavy atom. The van der Waals surface area contributed by atoms with Crippen molar-refractivity contribution < 1.29 is 13.7 Å². The van der Waals surface area contributed by atoms with Gasteiger partial charge in [-0.2, -0.15) is 4.98 Å². The number of hydrogen-bond donors (Lipinski definition) is 0. The summed E-state index contributed by atoms with van der Waals surface area (Å²) in [5.41, 5.74) is 1.41. The molecule has 1 aliphatic rings.